The van der Waals surface area contributed by atoms with E-state index in [4.69, 9.17) is 14.2 Å². The Morgan fingerprint density at radius 2 is 1.79 bits per heavy atom. The van der Waals surface area contributed by atoms with E-state index >= 15 is 0 Å². The van der Waals surface area contributed by atoms with Gasteiger partial charge in [-0.25, -0.2) is 0 Å². The molecule has 1 N–H and O–H groups in total. The summed E-state index contributed by atoms with van der Waals surface area (Å²) in [4.78, 5) is 29.6. The molecule has 8 heteroatoms. The van der Waals surface area contributed by atoms with Crippen LogP contribution < -0.4 is 14.4 Å². The minimum absolute atomic E-state index is 0.0618. The second-order valence-corrected chi connectivity index (χ2v) is 8.18. The van der Waals surface area contributed by atoms with Gasteiger partial charge >= 0.3 is 0 Å². The highest BCUT2D eigenvalue weighted by atomic mass is 16.6. The average Bonchev–Trinajstić information content (AvgIpc) is 3.08. The minimum Gasteiger partial charge on any atom is -0.507 e. The topological polar surface area (TPSA) is 88.5 Å². The first-order valence-electron chi connectivity index (χ1n) is 10.9. The molecular formula is C25H28N2O6. The van der Waals surface area contributed by atoms with E-state index in [1.165, 1.54) is 4.90 Å². The monoisotopic (exact) mass is 452 g/mol. The lowest BCUT2D eigenvalue weighted by Crippen LogP contribution is -2.31. The number of benzene rings is 2. The van der Waals surface area contributed by atoms with Crippen LogP contribution in [0, 0.1) is 0 Å². The Balaban J connectivity index is 1.79. The van der Waals surface area contributed by atoms with Crippen molar-refractivity contribution in [3.05, 3.63) is 59.2 Å². The van der Waals surface area contributed by atoms with Gasteiger partial charge < -0.3 is 29.1 Å². The standard InChI is InChI=1S/C25H28N2O6/c1-26(2)18-8-5-16(6-9-18)22-21(24(29)25(30)27(22)11-4-12-31-3)23(28)17-7-10-19-20(15-17)33-14-13-32-19/h5-10,15,22,28H,4,11-14H2,1-3H3. The summed E-state index contributed by atoms with van der Waals surface area (Å²) in [5.41, 5.74) is 2.19. The number of fused-ring (bicyclic) bond motifs is 1. The van der Waals surface area contributed by atoms with Gasteiger partial charge in [0.15, 0.2) is 11.5 Å². The lowest BCUT2D eigenvalue weighted by Gasteiger charge is -2.26. The number of anilines is 1. The molecule has 4 rings (SSSR count). The lowest BCUT2D eigenvalue weighted by atomic mass is 9.95. The van der Waals surface area contributed by atoms with Crippen LogP contribution in [0.3, 0.4) is 0 Å². The van der Waals surface area contributed by atoms with Crippen molar-refractivity contribution in [2.45, 2.75) is 12.5 Å². The van der Waals surface area contributed by atoms with Gasteiger partial charge in [0.05, 0.1) is 11.6 Å². The van der Waals surface area contributed by atoms with Crippen molar-refractivity contribution in [1.82, 2.24) is 4.90 Å². The number of hydrogen-bond acceptors (Lipinski definition) is 7. The SMILES string of the molecule is COCCCN1C(=O)C(=O)C(=C(O)c2ccc3c(c2)OCCO3)C1c1ccc(N(C)C)cc1. The Morgan fingerprint density at radius 1 is 1.09 bits per heavy atom. The quantitative estimate of drug-likeness (QED) is 0.299. The maximum Gasteiger partial charge on any atom is 0.295 e. The smallest absolute Gasteiger partial charge is 0.295 e. The van der Waals surface area contributed by atoms with E-state index in [0.29, 0.717) is 49.8 Å². The Bertz CT molecular complexity index is 1080. The molecule has 2 aromatic carbocycles. The molecule has 2 aliphatic heterocycles. The predicted octanol–water partition coefficient (Wildman–Crippen LogP) is 2.98. The third-order valence-corrected chi connectivity index (χ3v) is 5.83. The van der Waals surface area contributed by atoms with Crippen LogP contribution in [-0.2, 0) is 14.3 Å². The Hall–Kier alpha value is -3.52. The summed E-state index contributed by atoms with van der Waals surface area (Å²) in [6, 6.07) is 11.9. The summed E-state index contributed by atoms with van der Waals surface area (Å²) in [6.07, 6.45) is 0.569. The van der Waals surface area contributed by atoms with Crippen molar-refractivity contribution >= 4 is 23.1 Å². The van der Waals surface area contributed by atoms with Crippen molar-refractivity contribution in [1.29, 1.82) is 0 Å². The van der Waals surface area contributed by atoms with Crippen molar-refractivity contribution in [2.24, 2.45) is 0 Å². The van der Waals surface area contributed by atoms with Crippen LogP contribution in [0.1, 0.15) is 23.6 Å². The first-order valence-corrected chi connectivity index (χ1v) is 10.9. The molecule has 1 unspecified atom stereocenters. The van der Waals surface area contributed by atoms with Gasteiger partial charge in [-0.05, 0) is 42.3 Å². The fourth-order valence-corrected chi connectivity index (χ4v) is 4.14. The van der Waals surface area contributed by atoms with Crippen LogP contribution in [-0.4, -0.2) is 69.3 Å². The molecule has 33 heavy (non-hydrogen) atoms. The van der Waals surface area contributed by atoms with Gasteiger partial charge in [-0.3, -0.25) is 9.59 Å². The number of ketones is 1. The van der Waals surface area contributed by atoms with Gasteiger partial charge in [0.1, 0.15) is 19.0 Å². The second-order valence-electron chi connectivity index (χ2n) is 8.18. The molecule has 1 fully saturated rings. The van der Waals surface area contributed by atoms with E-state index < -0.39 is 17.7 Å². The molecule has 1 atom stereocenters. The van der Waals surface area contributed by atoms with Gasteiger partial charge in [0.25, 0.3) is 11.7 Å². The summed E-state index contributed by atoms with van der Waals surface area (Å²) in [6.45, 7) is 1.64. The maximum absolute atomic E-state index is 13.1. The predicted molar refractivity (Wildman–Crippen MR) is 124 cm³/mol. The van der Waals surface area contributed by atoms with Gasteiger partial charge in [-0.1, -0.05) is 12.1 Å². The first kappa shape index (κ1) is 22.7. The van der Waals surface area contributed by atoms with Gasteiger partial charge in [-0.2, -0.15) is 0 Å². The Morgan fingerprint density at radius 3 is 2.45 bits per heavy atom. The number of nitrogens with zero attached hydrogens (tertiary/aromatic N) is 2. The van der Waals surface area contributed by atoms with Crippen molar-refractivity contribution in [3.8, 4) is 11.5 Å². The van der Waals surface area contributed by atoms with Crippen LogP contribution in [0.25, 0.3) is 5.76 Å². The lowest BCUT2D eigenvalue weighted by molar-refractivity contribution is -0.140. The molecule has 0 saturated carbocycles. The molecule has 0 aromatic heterocycles. The number of hydrogen-bond donors (Lipinski definition) is 1. The number of carbonyl (C=O) groups excluding carboxylic acids is 2. The van der Waals surface area contributed by atoms with Gasteiger partial charge in [-0.15, -0.1) is 0 Å². The molecule has 2 aromatic rings. The van der Waals surface area contributed by atoms with E-state index in [0.717, 1.165) is 11.3 Å². The zero-order valence-electron chi connectivity index (χ0n) is 19.0. The number of Topliss-reactive ketones (excluding diaryl/α,β-unsaturated/α-hetero) is 1. The van der Waals surface area contributed by atoms with Crippen LogP contribution >= 0.6 is 0 Å². The highest BCUT2D eigenvalue weighted by molar-refractivity contribution is 6.46. The molecule has 0 radical (unpaired) electrons. The summed E-state index contributed by atoms with van der Waals surface area (Å²) in [5.74, 6) is -0.505. The molecule has 8 nitrogen and oxygen atoms in total. The first-order chi connectivity index (χ1) is 15.9. The maximum atomic E-state index is 13.1. The highest BCUT2D eigenvalue weighted by Crippen LogP contribution is 2.41. The van der Waals surface area contributed by atoms with Gasteiger partial charge in [0.2, 0.25) is 0 Å². The number of carbonyl (C=O) groups is 2. The molecule has 1 saturated heterocycles. The van der Waals surface area contributed by atoms with E-state index in [9.17, 15) is 14.7 Å². The molecular weight excluding hydrogens is 424 g/mol. The average molecular weight is 453 g/mol. The summed E-state index contributed by atoms with van der Waals surface area (Å²) in [7, 11) is 5.47. The zero-order chi connectivity index (χ0) is 23.5. The van der Waals surface area contributed by atoms with E-state index in [1.807, 2.05) is 43.3 Å². The molecule has 0 bridgehead atoms. The number of likely N-dealkylation sites (tertiary alicyclic amines) is 1. The molecule has 0 aliphatic carbocycles. The van der Waals surface area contributed by atoms with E-state index in [2.05, 4.69) is 0 Å². The van der Waals surface area contributed by atoms with E-state index in [-0.39, 0.29) is 11.3 Å². The molecule has 174 valence electrons. The number of amides is 1. The number of aliphatic hydroxyl groups excluding tert-OH is 1. The number of methoxy groups -OCH3 is 1. The van der Waals surface area contributed by atoms with Crippen molar-refractivity contribution in [2.75, 3.05) is 52.5 Å². The van der Waals surface area contributed by atoms with Crippen LogP contribution in [0.4, 0.5) is 5.69 Å². The second kappa shape index (κ2) is 9.54. The minimum atomic E-state index is -0.707. The Labute approximate surface area is 193 Å². The molecule has 2 aliphatic rings. The third kappa shape index (κ3) is 4.39. The summed E-state index contributed by atoms with van der Waals surface area (Å²) in [5, 5.41) is 11.2. The van der Waals surface area contributed by atoms with Crippen LogP contribution in [0.2, 0.25) is 0 Å². The van der Waals surface area contributed by atoms with Gasteiger partial charge in [0, 0.05) is 45.6 Å². The van der Waals surface area contributed by atoms with Crippen LogP contribution in [0.15, 0.2) is 48.0 Å². The molecule has 2 heterocycles. The van der Waals surface area contributed by atoms with Crippen molar-refractivity contribution in [3.63, 3.8) is 0 Å². The zero-order valence-corrected chi connectivity index (χ0v) is 19.0. The van der Waals surface area contributed by atoms with Crippen molar-refractivity contribution < 1.29 is 28.9 Å². The summed E-state index contributed by atoms with van der Waals surface area (Å²) >= 11 is 0. The fraction of sp³-hybridized carbons (Fsp3) is 0.360. The third-order valence-electron chi connectivity index (χ3n) is 5.83. The van der Waals surface area contributed by atoms with E-state index in [1.54, 1.807) is 25.3 Å². The normalized spacial score (nSPS) is 19.1. The number of ether oxygens (including phenoxy) is 3. The Kier molecular flexibility index (Phi) is 6.55. The fourth-order valence-electron chi connectivity index (χ4n) is 4.14. The molecule has 0 spiro atoms. The largest absolute Gasteiger partial charge is 0.507 e. The highest BCUT2D eigenvalue weighted by Gasteiger charge is 2.45. The summed E-state index contributed by atoms with van der Waals surface area (Å²) < 4.78 is 16.3. The molecule has 1 amide bonds. The number of aliphatic hydroxyl groups is 1. The number of rotatable bonds is 7. The van der Waals surface area contributed by atoms with Crippen LogP contribution in [0.5, 0.6) is 11.5 Å².